The van der Waals surface area contributed by atoms with E-state index in [1.165, 1.54) is 12.3 Å². The summed E-state index contributed by atoms with van der Waals surface area (Å²) in [4.78, 5) is 23.2. The first-order valence-electron chi connectivity index (χ1n) is 9.01. The molecule has 0 aromatic carbocycles. The van der Waals surface area contributed by atoms with Gasteiger partial charge >= 0.3 is 6.09 Å². The van der Waals surface area contributed by atoms with Crippen molar-refractivity contribution in [1.82, 2.24) is 9.88 Å². The van der Waals surface area contributed by atoms with Crippen LogP contribution >= 0.6 is 0 Å². The van der Waals surface area contributed by atoms with Crippen molar-refractivity contribution in [3.63, 3.8) is 0 Å². The zero-order chi connectivity index (χ0) is 19.2. The molecule has 10 heteroatoms. The topological polar surface area (TPSA) is 119 Å². The Balaban J connectivity index is 1.59. The zero-order valence-corrected chi connectivity index (χ0v) is 15.1. The number of anilines is 1. The number of amides is 1. The van der Waals surface area contributed by atoms with Gasteiger partial charge < -0.3 is 25.8 Å². The maximum atomic E-state index is 14.8. The maximum Gasteiger partial charge on any atom is 0.437 e. The second kappa shape index (κ2) is 8.96. The van der Waals surface area contributed by atoms with E-state index in [0.29, 0.717) is 6.04 Å². The minimum atomic E-state index is -0.959. The standard InChI is InChI=1S/C17H25FN6O3/c18-14-12(11-27-17(25)22-16(19)20)1-4-21-15(14)24-5-2-13(3-6-24)23-7-9-26-10-8-23/h1,4,13H,2-3,5-11H2,(H4,19,20,22,25). The van der Waals surface area contributed by atoms with Crippen LogP contribution < -0.4 is 16.4 Å². The van der Waals surface area contributed by atoms with Gasteiger partial charge in [0.2, 0.25) is 0 Å². The molecular formula is C17H25FN6O3. The molecule has 0 atom stereocenters. The van der Waals surface area contributed by atoms with Crippen LogP contribution in [0.3, 0.4) is 0 Å². The molecule has 4 N–H and O–H groups in total. The summed E-state index contributed by atoms with van der Waals surface area (Å²) in [6.07, 6.45) is 2.45. The number of hydrogen-bond donors (Lipinski definition) is 2. The van der Waals surface area contributed by atoms with Crippen molar-refractivity contribution >= 4 is 17.9 Å². The molecule has 0 radical (unpaired) electrons. The molecule has 1 aromatic rings. The fourth-order valence-corrected chi connectivity index (χ4v) is 3.47. The molecule has 27 heavy (non-hydrogen) atoms. The number of guanidine groups is 1. The van der Waals surface area contributed by atoms with Gasteiger partial charge in [-0.15, -0.1) is 4.99 Å². The van der Waals surface area contributed by atoms with Gasteiger partial charge in [-0.3, -0.25) is 4.90 Å². The number of nitrogens with zero attached hydrogens (tertiary/aromatic N) is 4. The number of morpholine rings is 1. The first-order chi connectivity index (χ1) is 13.0. The molecule has 0 saturated carbocycles. The normalized spacial score (nSPS) is 18.9. The van der Waals surface area contributed by atoms with Crippen LogP contribution in [0, 0.1) is 5.82 Å². The van der Waals surface area contributed by atoms with Crippen molar-refractivity contribution in [2.45, 2.75) is 25.5 Å². The monoisotopic (exact) mass is 380 g/mol. The number of hydrogen-bond acceptors (Lipinski definition) is 6. The van der Waals surface area contributed by atoms with Crippen molar-refractivity contribution in [2.75, 3.05) is 44.3 Å². The Kier molecular flexibility index (Phi) is 6.40. The van der Waals surface area contributed by atoms with Crippen molar-refractivity contribution < 1.29 is 18.7 Å². The fourth-order valence-electron chi connectivity index (χ4n) is 3.47. The van der Waals surface area contributed by atoms with Crippen LogP contribution in [-0.2, 0) is 16.1 Å². The van der Waals surface area contributed by atoms with Crippen LogP contribution in [0.5, 0.6) is 0 Å². The Morgan fingerprint density at radius 1 is 1.30 bits per heavy atom. The molecule has 2 saturated heterocycles. The lowest BCUT2D eigenvalue weighted by molar-refractivity contribution is 0.0114. The van der Waals surface area contributed by atoms with Crippen molar-refractivity contribution in [3.8, 4) is 0 Å². The van der Waals surface area contributed by atoms with E-state index in [2.05, 4.69) is 14.9 Å². The van der Waals surface area contributed by atoms with Crippen molar-refractivity contribution in [2.24, 2.45) is 16.5 Å². The SMILES string of the molecule is NC(N)=NC(=O)OCc1ccnc(N2CCC(N3CCOCC3)CC2)c1F. The minimum absolute atomic E-state index is 0.231. The van der Waals surface area contributed by atoms with Crippen LogP contribution in [0.4, 0.5) is 15.0 Å². The Morgan fingerprint density at radius 2 is 2.00 bits per heavy atom. The van der Waals surface area contributed by atoms with E-state index in [9.17, 15) is 9.18 Å². The Hall–Kier alpha value is -2.46. The maximum absolute atomic E-state index is 14.8. The lowest BCUT2D eigenvalue weighted by Gasteiger charge is -2.40. The van der Waals surface area contributed by atoms with Crippen molar-refractivity contribution in [3.05, 3.63) is 23.6 Å². The van der Waals surface area contributed by atoms with Gasteiger partial charge in [0.15, 0.2) is 17.6 Å². The summed E-state index contributed by atoms with van der Waals surface area (Å²) >= 11 is 0. The van der Waals surface area contributed by atoms with Gasteiger partial charge in [0.05, 0.1) is 13.2 Å². The number of carbonyl (C=O) groups is 1. The summed E-state index contributed by atoms with van der Waals surface area (Å²) in [5, 5.41) is 0. The predicted molar refractivity (Wildman–Crippen MR) is 97.8 cm³/mol. The highest BCUT2D eigenvalue weighted by Gasteiger charge is 2.28. The molecule has 2 aliphatic heterocycles. The molecule has 2 aliphatic rings. The number of aliphatic imine (C=N–C) groups is 1. The highest BCUT2D eigenvalue weighted by atomic mass is 19.1. The molecule has 0 unspecified atom stereocenters. The summed E-state index contributed by atoms with van der Waals surface area (Å²) in [7, 11) is 0. The van der Waals surface area contributed by atoms with Gasteiger partial charge in [0.1, 0.15) is 6.61 Å². The van der Waals surface area contributed by atoms with Gasteiger partial charge in [-0.25, -0.2) is 14.2 Å². The summed E-state index contributed by atoms with van der Waals surface area (Å²) in [5.74, 6) is -0.607. The molecule has 0 bridgehead atoms. The molecule has 1 amide bonds. The predicted octanol–water partition coefficient (Wildman–Crippen LogP) is 0.432. The Labute approximate surface area is 157 Å². The Morgan fingerprint density at radius 3 is 2.67 bits per heavy atom. The van der Waals surface area contributed by atoms with E-state index >= 15 is 0 Å². The van der Waals surface area contributed by atoms with E-state index in [4.69, 9.17) is 20.9 Å². The van der Waals surface area contributed by atoms with E-state index in [0.717, 1.165) is 52.2 Å². The highest BCUT2D eigenvalue weighted by molar-refractivity contribution is 5.87. The average Bonchev–Trinajstić information content (AvgIpc) is 2.67. The second-order valence-corrected chi connectivity index (χ2v) is 6.57. The van der Waals surface area contributed by atoms with Crippen LogP contribution in [-0.4, -0.2) is 67.4 Å². The van der Waals surface area contributed by atoms with Crippen LogP contribution in [0.25, 0.3) is 0 Å². The third-order valence-electron chi connectivity index (χ3n) is 4.85. The number of halogens is 1. The van der Waals surface area contributed by atoms with Crippen molar-refractivity contribution in [1.29, 1.82) is 0 Å². The van der Waals surface area contributed by atoms with Crippen LogP contribution in [0.15, 0.2) is 17.3 Å². The summed E-state index contributed by atoms with van der Waals surface area (Å²) in [6.45, 7) is 4.64. The molecule has 3 heterocycles. The molecule has 0 spiro atoms. The molecule has 1 aromatic heterocycles. The van der Waals surface area contributed by atoms with Gasteiger partial charge in [-0.05, 0) is 18.9 Å². The lowest BCUT2D eigenvalue weighted by atomic mass is 10.0. The quantitative estimate of drug-likeness (QED) is 0.570. The molecule has 9 nitrogen and oxygen atoms in total. The van der Waals surface area contributed by atoms with Crippen LogP contribution in [0.2, 0.25) is 0 Å². The van der Waals surface area contributed by atoms with Gasteiger partial charge in [-0.2, -0.15) is 0 Å². The molecular weight excluding hydrogens is 355 g/mol. The minimum Gasteiger partial charge on any atom is -0.443 e. The third-order valence-corrected chi connectivity index (χ3v) is 4.85. The first-order valence-corrected chi connectivity index (χ1v) is 9.01. The number of rotatable bonds is 4. The van der Waals surface area contributed by atoms with E-state index in [1.807, 2.05) is 4.90 Å². The smallest absolute Gasteiger partial charge is 0.437 e. The van der Waals surface area contributed by atoms with E-state index in [1.54, 1.807) is 0 Å². The van der Waals surface area contributed by atoms with Gasteiger partial charge in [-0.1, -0.05) is 0 Å². The number of ether oxygens (including phenoxy) is 2. The summed E-state index contributed by atoms with van der Waals surface area (Å²) in [6, 6.07) is 1.97. The van der Waals surface area contributed by atoms with E-state index < -0.39 is 17.9 Å². The van der Waals surface area contributed by atoms with Crippen LogP contribution in [0.1, 0.15) is 18.4 Å². The molecule has 3 rings (SSSR count). The summed E-state index contributed by atoms with van der Waals surface area (Å²) < 4.78 is 25.1. The van der Waals surface area contributed by atoms with Gasteiger partial charge in [0.25, 0.3) is 0 Å². The largest absolute Gasteiger partial charge is 0.443 e. The number of pyridine rings is 1. The van der Waals surface area contributed by atoms with E-state index in [-0.39, 0.29) is 18.0 Å². The highest BCUT2D eigenvalue weighted by Crippen LogP contribution is 2.25. The zero-order valence-electron chi connectivity index (χ0n) is 15.1. The lowest BCUT2D eigenvalue weighted by Crippen LogP contribution is -2.49. The Bertz CT molecular complexity index is 683. The first kappa shape index (κ1) is 19.3. The molecule has 148 valence electrons. The molecule has 2 fully saturated rings. The number of aromatic nitrogens is 1. The fraction of sp³-hybridized carbons (Fsp3) is 0.588. The number of carbonyl (C=O) groups excluding carboxylic acids is 1. The number of nitrogens with two attached hydrogens (primary N) is 2. The second-order valence-electron chi connectivity index (χ2n) is 6.57. The number of piperidine rings is 1. The molecule has 0 aliphatic carbocycles. The van der Waals surface area contributed by atoms with Gasteiger partial charge in [0, 0.05) is 44.0 Å². The third kappa shape index (κ3) is 5.04. The average molecular weight is 380 g/mol. The summed E-state index contributed by atoms with van der Waals surface area (Å²) in [5.41, 5.74) is 10.4.